The summed E-state index contributed by atoms with van der Waals surface area (Å²) < 4.78 is 5.81. The van der Waals surface area contributed by atoms with E-state index in [0.717, 1.165) is 11.3 Å². The Morgan fingerprint density at radius 2 is 1.85 bits per heavy atom. The van der Waals surface area contributed by atoms with Gasteiger partial charge in [-0.25, -0.2) is 0 Å². The Morgan fingerprint density at radius 3 is 2.45 bits per heavy atom. The fourth-order valence-corrected chi connectivity index (χ4v) is 1.79. The van der Waals surface area contributed by atoms with Crippen molar-refractivity contribution < 1.29 is 9.53 Å². The Balaban J connectivity index is 2.70. The molecule has 2 atom stereocenters. The number of rotatable bonds is 7. The summed E-state index contributed by atoms with van der Waals surface area (Å²) in [4.78, 5) is 12.0. The highest BCUT2D eigenvalue weighted by Gasteiger charge is 2.17. The number of hydrogen-bond donors (Lipinski definition) is 2. The molecular formula is C16H26N2O2. The fraction of sp³-hybridized carbons (Fsp3) is 0.562. The minimum Gasteiger partial charge on any atom is -0.481 e. The summed E-state index contributed by atoms with van der Waals surface area (Å²) in [6.07, 6.45) is -0.501. The zero-order chi connectivity index (χ0) is 15.1. The molecule has 0 saturated heterocycles. The number of amides is 1. The van der Waals surface area contributed by atoms with E-state index >= 15 is 0 Å². The van der Waals surface area contributed by atoms with Gasteiger partial charge in [0, 0.05) is 18.2 Å². The van der Waals surface area contributed by atoms with Gasteiger partial charge in [-0.05, 0) is 32.9 Å². The van der Waals surface area contributed by atoms with E-state index in [9.17, 15) is 4.79 Å². The van der Waals surface area contributed by atoms with E-state index < -0.39 is 6.10 Å². The molecule has 20 heavy (non-hydrogen) atoms. The van der Waals surface area contributed by atoms with Gasteiger partial charge in [0.25, 0.3) is 5.91 Å². The molecule has 1 aromatic carbocycles. The molecule has 0 spiro atoms. The lowest BCUT2D eigenvalue weighted by atomic mass is 10.1. The maximum absolute atomic E-state index is 12.0. The lowest BCUT2D eigenvalue weighted by Crippen LogP contribution is -2.38. The van der Waals surface area contributed by atoms with Crippen LogP contribution in [0.1, 0.15) is 39.3 Å². The lowest BCUT2D eigenvalue weighted by Gasteiger charge is -2.20. The maximum Gasteiger partial charge on any atom is 0.260 e. The summed E-state index contributed by atoms with van der Waals surface area (Å²) in [6, 6.07) is 7.97. The number of nitrogens with one attached hydrogen (secondary N) is 2. The molecule has 4 nitrogen and oxygen atoms in total. The highest BCUT2D eigenvalue weighted by atomic mass is 16.5. The van der Waals surface area contributed by atoms with E-state index in [4.69, 9.17) is 4.74 Å². The van der Waals surface area contributed by atoms with Crippen LogP contribution < -0.4 is 15.4 Å². The molecule has 0 aliphatic carbocycles. The van der Waals surface area contributed by atoms with Crippen LogP contribution in [0.15, 0.2) is 24.3 Å². The molecule has 0 aliphatic heterocycles. The van der Waals surface area contributed by atoms with Gasteiger partial charge in [0.15, 0.2) is 6.10 Å². The monoisotopic (exact) mass is 278 g/mol. The molecule has 0 heterocycles. The van der Waals surface area contributed by atoms with E-state index in [2.05, 4.69) is 31.4 Å². The van der Waals surface area contributed by atoms with Crippen molar-refractivity contribution in [1.29, 1.82) is 0 Å². The third-order valence-corrected chi connectivity index (χ3v) is 3.18. The van der Waals surface area contributed by atoms with Gasteiger partial charge >= 0.3 is 0 Å². The summed E-state index contributed by atoms with van der Waals surface area (Å²) in [6.45, 7) is 8.63. The van der Waals surface area contributed by atoms with Crippen LogP contribution in [0, 0.1) is 5.92 Å². The Bertz CT molecular complexity index is 432. The van der Waals surface area contributed by atoms with Crippen LogP contribution in [0.4, 0.5) is 0 Å². The second-order valence-corrected chi connectivity index (χ2v) is 5.45. The quantitative estimate of drug-likeness (QED) is 0.805. The molecule has 1 aromatic rings. The highest BCUT2D eigenvalue weighted by Crippen LogP contribution is 2.25. The van der Waals surface area contributed by atoms with Crippen LogP contribution in [0.25, 0.3) is 0 Å². The van der Waals surface area contributed by atoms with Crippen molar-refractivity contribution in [3.8, 4) is 5.75 Å². The van der Waals surface area contributed by atoms with Crippen LogP contribution in [0.5, 0.6) is 5.75 Å². The van der Waals surface area contributed by atoms with Crippen LogP contribution >= 0.6 is 0 Å². The second-order valence-electron chi connectivity index (χ2n) is 5.45. The highest BCUT2D eigenvalue weighted by molar-refractivity contribution is 5.80. The Hall–Kier alpha value is -1.55. The zero-order valence-corrected chi connectivity index (χ0v) is 13.1. The Labute approximate surface area is 121 Å². The van der Waals surface area contributed by atoms with Gasteiger partial charge in [-0.2, -0.15) is 0 Å². The number of carbonyl (C=O) groups excluding carboxylic acids is 1. The minimum atomic E-state index is -0.501. The van der Waals surface area contributed by atoms with Gasteiger partial charge in [0.1, 0.15) is 5.75 Å². The predicted octanol–water partition coefficient (Wildman–Crippen LogP) is 2.51. The first-order chi connectivity index (χ1) is 9.45. The third kappa shape index (κ3) is 4.85. The van der Waals surface area contributed by atoms with Crippen LogP contribution in [-0.4, -0.2) is 25.6 Å². The van der Waals surface area contributed by atoms with Gasteiger partial charge < -0.3 is 15.4 Å². The first-order valence-corrected chi connectivity index (χ1v) is 7.16. The zero-order valence-electron chi connectivity index (χ0n) is 13.1. The van der Waals surface area contributed by atoms with E-state index in [0.29, 0.717) is 12.5 Å². The van der Waals surface area contributed by atoms with Crippen molar-refractivity contribution in [3.63, 3.8) is 0 Å². The SMILES string of the molecule is CNC(C)c1ccccc1OC(C)C(=O)NCC(C)C. The van der Waals surface area contributed by atoms with Gasteiger partial charge in [-0.3, -0.25) is 4.79 Å². The Kier molecular flexibility index (Phi) is 6.52. The average Bonchev–Trinajstić information content (AvgIpc) is 2.44. The molecule has 0 aliphatic rings. The fourth-order valence-electron chi connectivity index (χ4n) is 1.79. The van der Waals surface area contributed by atoms with Crippen LogP contribution in [-0.2, 0) is 4.79 Å². The van der Waals surface area contributed by atoms with Gasteiger partial charge in [0.2, 0.25) is 0 Å². The Morgan fingerprint density at radius 1 is 1.20 bits per heavy atom. The van der Waals surface area contributed by atoms with E-state index in [1.807, 2.05) is 31.3 Å². The molecule has 0 radical (unpaired) electrons. The molecule has 2 unspecified atom stereocenters. The van der Waals surface area contributed by atoms with Crippen molar-refractivity contribution in [1.82, 2.24) is 10.6 Å². The van der Waals surface area contributed by atoms with E-state index in [-0.39, 0.29) is 11.9 Å². The summed E-state index contributed by atoms with van der Waals surface area (Å²) in [5.41, 5.74) is 1.05. The summed E-state index contributed by atoms with van der Waals surface area (Å²) in [5.74, 6) is 1.11. The smallest absolute Gasteiger partial charge is 0.260 e. The molecule has 0 aromatic heterocycles. The second kappa shape index (κ2) is 7.90. The third-order valence-electron chi connectivity index (χ3n) is 3.18. The van der Waals surface area contributed by atoms with Gasteiger partial charge in [0.05, 0.1) is 0 Å². The summed E-state index contributed by atoms with van der Waals surface area (Å²) in [5, 5.41) is 6.07. The number of benzene rings is 1. The predicted molar refractivity (Wildman–Crippen MR) is 81.9 cm³/mol. The first kappa shape index (κ1) is 16.5. The summed E-state index contributed by atoms with van der Waals surface area (Å²) >= 11 is 0. The van der Waals surface area contributed by atoms with Crippen molar-refractivity contribution in [2.24, 2.45) is 5.92 Å². The van der Waals surface area contributed by atoms with Crippen LogP contribution in [0.3, 0.4) is 0 Å². The molecular weight excluding hydrogens is 252 g/mol. The normalized spacial score (nSPS) is 13.9. The van der Waals surface area contributed by atoms with E-state index in [1.54, 1.807) is 6.92 Å². The molecule has 2 N–H and O–H groups in total. The topological polar surface area (TPSA) is 50.4 Å². The molecule has 0 bridgehead atoms. The van der Waals surface area contributed by atoms with Gasteiger partial charge in [-0.15, -0.1) is 0 Å². The number of carbonyl (C=O) groups is 1. The molecule has 1 amide bonds. The minimum absolute atomic E-state index is 0.0781. The maximum atomic E-state index is 12.0. The van der Waals surface area contributed by atoms with Crippen molar-refractivity contribution >= 4 is 5.91 Å². The molecule has 112 valence electrons. The lowest BCUT2D eigenvalue weighted by molar-refractivity contribution is -0.127. The molecule has 4 heteroatoms. The largest absolute Gasteiger partial charge is 0.481 e. The van der Waals surface area contributed by atoms with Crippen molar-refractivity contribution in [2.75, 3.05) is 13.6 Å². The average molecular weight is 278 g/mol. The van der Waals surface area contributed by atoms with Gasteiger partial charge in [-0.1, -0.05) is 32.0 Å². The number of para-hydroxylation sites is 1. The number of ether oxygens (including phenoxy) is 1. The van der Waals surface area contributed by atoms with Crippen molar-refractivity contribution in [3.05, 3.63) is 29.8 Å². The first-order valence-electron chi connectivity index (χ1n) is 7.16. The van der Waals surface area contributed by atoms with Crippen molar-refractivity contribution in [2.45, 2.75) is 39.8 Å². The molecule has 0 fully saturated rings. The van der Waals surface area contributed by atoms with Crippen LogP contribution in [0.2, 0.25) is 0 Å². The van der Waals surface area contributed by atoms with E-state index in [1.165, 1.54) is 0 Å². The molecule has 0 saturated carbocycles. The molecule has 1 rings (SSSR count). The standard InChI is InChI=1S/C16H26N2O2/c1-11(2)10-18-16(19)13(4)20-15-9-7-6-8-14(15)12(3)17-5/h6-9,11-13,17H,10H2,1-5H3,(H,18,19). The summed E-state index contributed by atoms with van der Waals surface area (Å²) in [7, 11) is 1.90. The number of hydrogen-bond acceptors (Lipinski definition) is 3.